The van der Waals surface area contributed by atoms with Crippen molar-refractivity contribution in [1.82, 2.24) is 0 Å². The number of carbonyl (C=O) groups excluding carboxylic acids is 3. The SMILES string of the molecule is CCCCCCCCCCCC[C@](C(N)=O)(C(=O)OC[C@H]1OC(=O)[C@@H]1Sc1ccccc1)C(C)C. The molecule has 0 unspecified atom stereocenters. The summed E-state index contributed by atoms with van der Waals surface area (Å²) in [5, 5.41) is -0.436. The lowest BCUT2D eigenvalue weighted by atomic mass is 9.72. The summed E-state index contributed by atoms with van der Waals surface area (Å²) < 4.78 is 10.8. The standard InChI is InChI=1S/C28H43NO5S/c1-4-5-6-7-8-9-10-11-12-16-19-28(21(2)3,26(29)31)27(32)33-20-23-24(25(30)34-23)35-22-17-14-13-15-18-22/h13-15,17-18,21,23-24H,4-12,16,19-20H2,1-3H3,(H2,29,31)/t23-,24-,28+/m1/s1. The molecule has 1 heterocycles. The third-order valence-electron chi connectivity index (χ3n) is 6.94. The fourth-order valence-corrected chi connectivity index (χ4v) is 5.61. The van der Waals surface area contributed by atoms with E-state index in [0.717, 1.165) is 24.2 Å². The third-order valence-corrected chi connectivity index (χ3v) is 8.23. The van der Waals surface area contributed by atoms with Crippen molar-refractivity contribution in [1.29, 1.82) is 0 Å². The number of amides is 1. The van der Waals surface area contributed by atoms with Gasteiger partial charge >= 0.3 is 11.9 Å². The molecule has 1 aliphatic rings. The lowest BCUT2D eigenvalue weighted by molar-refractivity contribution is -0.182. The number of ether oxygens (including phenoxy) is 2. The van der Waals surface area contributed by atoms with Crippen LogP contribution < -0.4 is 5.73 Å². The van der Waals surface area contributed by atoms with Gasteiger partial charge in [-0.2, -0.15) is 0 Å². The Labute approximate surface area is 215 Å². The molecular weight excluding hydrogens is 462 g/mol. The second-order valence-electron chi connectivity index (χ2n) is 9.85. The zero-order valence-electron chi connectivity index (χ0n) is 21.6. The molecule has 2 rings (SSSR count). The minimum absolute atomic E-state index is 0.0745. The number of thioether (sulfide) groups is 1. The van der Waals surface area contributed by atoms with E-state index in [2.05, 4.69) is 6.92 Å². The number of nitrogens with two attached hydrogens (primary N) is 1. The maximum absolute atomic E-state index is 13.2. The lowest BCUT2D eigenvalue weighted by Gasteiger charge is -2.36. The molecule has 1 fully saturated rings. The molecule has 1 aromatic rings. The van der Waals surface area contributed by atoms with Crippen LogP contribution in [0.2, 0.25) is 0 Å². The van der Waals surface area contributed by atoms with Gasteiger partial charge in [-0.3, -0.25) is 14.4 Å². The zero-order valence-corrected chi connectivity index (χ0v) is 22.4. The number of cyclic esters (lactones) is 1. The molecule has 2 N–H and O–H groups in total. The minimum Gasteiger partial charge on any atom is -0.461 e. The van der Waals surface area contributed by atoms with Crippen LogP contribution in [0.15, 0.2) is 35.2 Å². The van der Waals surface area contributed by atoms with E-state index >= 15 is 0 Å². The average Bonchev–Trinajstić information content (AvgIpc) is 2.83. The Bertz CT molecular complexity index is 800. The zero-order chi connectivity index (χ0) is 25.7. The largest absolute Gasteiger partial charge is 0.461 e. The number of esters is 2. The summed E-state index contributed by atoms with van der Waals surface area (Å²) in [6.07, 6.45) is 11.5. The average molecular weight is 506 g/mol. The summed E-state index contributed by atoms with van der Waals surface area (Å²) in [6.45, 7) is 5.82. The Morgan fingerprint density at radius 3 is 2.09 bits per heavy atom. The van der Waals surface area contributed by atoms with Crippen molar-refractivity contribution in [3.05, 3.63) is 30.3 Å². The molecule has 0 spiro atoms. The highest BCUT2D eigenvalue weighted by atomic mass is 32.2. The highest BCUT2D eigenvalue weighted by molar-refractivity contribution is 8.00. The molecule has 6 nitrogen and oxygen atoms in total. The predicted molar refractivity (Wildman–Crippen MR) is 140 cm³/mol. The van der Waals surface area contributed by atoms with Crippen LogP contribution in [0.4, 0.5) is 0 Å². The van der Waals surface area contributed by atoms with Crippen LogP contribution in [-0.4, -0.2) is 35.8 Å². The predicted octanol–water partition coefficient (Wildman–Crippen LogP) is 6.05. The van der Waals surface area contributed by atoms with Crippen LogP contribution in [0.5, 0.6) is 0 Å². The van der Waals surface area contributed by atoms with Gasteiger partial charge in [-0.1, -0.05) is 103 Å². The first kappa shape index (κ1) is 29.2. The topological polar surface area (TPSA) is 95.7 Å². The van der Waals surface area contributed by atoms with Gasteiger partial charge in [0.2, 0.25) is 5.91 Å². The first-order valence-electron chi connectivity index (χ1n) is 13.2. The highest BCUT2D eigenvalue weighted by Gasteiger charge is 2.50. The van der Waals surface area contributed by atoms with Crippen LogP contribution in [0.3, 0.4) is 0 Å². The van der Waals surface area contributed by atoms with E-state index in [1.54, 1.807) is 0 Å². The normalized spacial score (nSPS) is 19.0. The Balaban J connectivity index is 1.82. The molecule has 0 radical (unpaired) electrons. The Kier molecular flexibility index (Phi) is 12.7. The van der Waals surface area contributed by atoms with E-state index in [9.17, 15) is 14.4 Å². The second-order valence-corrected chi connectivity index (χ2v) is 11.1. The van der Waals surface area contributed by atoms with Gasteiger partial charge in [0, 0.05) is 4.90 Å². The van der Waals surface area contributed by atoms with Crippen LogP contribution >= 0.6 is 11.8 Å². The third kappa shape index (κ3) is 8.55. The number of hydrogen-bond donors (Lipinski definition) is 1. The molecule has 1 saturated heterocycles. The van der Waals surface area contributed by atoms with Crippen LogP contribution in [-0.2, 0) is 23.9 Å². The maximum Gasteiger partial charge on any atom is 0.323 e. The van der Waals surface area contributed by atoms with E-state index in [1.165, 1.54) is 56.7 Å². The van der Waals surface area contributed by atoms with Crippen molar-refractivity contribution in [3.8, 4) is 0 Å². The Hall–Kier alpha value is -2.02. The summed E-state index contributed by atoms with van der Waals surface area (Å²) in [6, 6.07) is 9.55. The number of benzene rings is 1. The number of hydrogen-bond acceptors (Lipinski definition) is 6. The Morgan fingerprint density at radius 1 is 1.00 bits per heavy atom. The van der Waals surface area contributed by atoms with E-state index in [1.807, 2.05) is 44.2 Å². The van der Waals surface area contributed by atoms with Crippen molar-refractivity contribution >= 4 is 29.6 Å². The quantitative estimate of drug-likeness (QED) is 0.148. The second kappa shape index (κ2) is 15.2. The fourth-order valence-electron chi connectivity index (χ4n) is 4.56. The smallest absolute Gasteiger partial charge is 0.323 e. The summed E-state index contributed by atoms with van der Waals surface area (Å²) in [7, 11) is 0. The number of rotatable bonds is 18. The van der Waals surface area contributed by atoms with Crippen molar-refractivity contribution in [2.75, 3.05) is 6.61 Å². The van der Waals surface area contributed by atoms with Gasteiger partial charge in [-0.05, 0) is 24.5 Å². The molecule has 7 heteroatoms. The summed E-state index contributed by atoms with van der Waals surface area (Å²) >= 11 is 1.39. The Morgan fingerprint density at radius 2 is 1.57 bits per heavy atom. The van der Waals surface area contributed by atoms with Gasteiger partial charge in [-0.15, -0.1) is 11.8 Å². The molecule has 1 aromatic carbocycles. The summed E-state index contributed by atoms with van der Waals surface area (Å²) in [5.41, 5.74) is 4.40. The number of carbonyl (C=O) groups is 3. The number of primary amides is 1. The van der Waals surface area contributed by atoms with Crippen LogP contribution in [0, 0.1) is 11.3 Å². The fraction of sp³-hybridized carbons (Fsp3) is 0.679. The van der Waals surface area contributed by atoms with Gasteiger partial charge in [0.15, 0.2) is 6.10 Å². The molecule has 1 aliphatic heterocycles. The first-order chi connectivity index (χ1) is 16.8. The summed E-state index contributed by atoms with van der Waals surface area (Å²) in [5.74, 6) is -1.86. The van der Waals surface area contributed by atoms with E-state index < -0.39 is 28.6 Å². The molecule has 0 saturated carbocycles. The molecule has 35 heavy (non-hydrogen) atoms. The van der Waals surface area contributed by atoms with Crippen molar-refractivity contribution < 1.29 is 23.9 Å². The molecule has 0 bridgehead atoms. The first-order valence-corrected chi connectivity index (χ1v) is 14.1. The van der Waals surface area contributed by atoms with Gasteiger partial charge < -0.3 is 15.2 Å². The molecule has 0 aromatic heterocycles. The van der Waals surface area contributed by atoms with Crippen LogP contribution in [0.25, 0.3) is 0 Å². The monoisotopic (exact) mass is 505 g/mol. The molecule has 1 amide bonds. The lowest BCUT2D eigenvalue weighted by Crippen LogP contribution is -2.53. The van der Waals surface area contributed by atoms with Crippen molar-refractivity contribution in [3.63, 3.8) is 0 Å². The maximum atomic E-state index is 13.2. The van der Waals surface area contributed by atoms with Gasteiger partial charge in [-0.25, -0.2) is 0 Å². The van der Waals surface area contributed by atoms with E-state index in [-0.39, 0.29) is 18.5 Å². The van der Waals surface area contributed by atoms with Gasteiger partial charge in [0.1, 0.15) is 17.3 Å². The number of unbranched alkanes of at least 4 members (excludes halogenated alkanes) is 9. The molecule has 0 aliphatic carbocycles. The molecule has 3 atom stereocenters. The van der Waals surface area contributed by atoms with Crippen LogP contribution in [0.1, 0.15) is 91.4 Å². The summed E-state index contributed by atoms with van der Waals surface area (Å²) in [4.78, 5) is 38.6. The van der Waals surface area contributed by atoms with Crippen molar-refractivity contribution in [2.45, 2.75) is 108 Å². The molecule has 196 valence electrons. The van der Waals surface area contributed by atoms with E-state index in [4.69, 9.17) is 15.2 Å². The minimum atomic E-state index is -1.37. The molecular formula is C28H43NO5S. The van der Waals surface area contributed by atoms with Crippen molar-refractivity contribution in [2.24, 2.45) is 17.1 Å². The highest BCUT2D eigenvalue weighted by Crippen LogP contribution is 2.37. The van der Waals surface area contributed by atoms with Gasteiger partial charge in [0.05, 0.1) is 0 Å². The van der Waals surface area contributed by atoms with E-state index in [0.29, 0.717) is 6.42 Å². The van der Waals surface area contributed by atoms with Gasteiger partial charge in [0.25, 0.3) is 0 Å².